The second-order valence-corrected chi connectivity index (χ2v) is 4.31. The van der Waals surface area contributed by atoms with E-state index in [1.165, 1.54) is 12.1 Å². The largest absolute Gasteiger partial charge is 0.461 e. The second kappa shape index (κ2) is 5.21. The zero-order chi connectivity index (χ0) is 11.4. The molecule has 0 aliphatic rings. The van der Waals surface area contributed by atoms with Crippen LogP contribution < -0.4 is 0 Å². The van der Waals surface area contributed by atoms with E-state index in [2.05, 4.69) is 20.9 Å². The number of halogens is 2. The van der Waals surface area contributed by atoms with Gasteiger partial charge in [-0.1, -0.05) is 13.8 Å². The van der Waals surface area contributed by atoms with E-state index in [9.17, 15) is 9.18 Å². The van der Waals surface area contributed by atoms with Crippen LogP contribution in [-0.2, 0) is 4.74 Å². The van der Waals surface area contributed by atoms with E-state index in [0.29, 0.717) is 11.1 Å². The Morgan fingerprint density at radius 1 is 1.60 bits per heavy atom. The third-order valence-electron chi connectivity index (χ3n) is 1.55. The maximum absolute atomic E-state index is 12.8. The zero-order valence-electron chi connectivity index (χ0n) is 8.46. The summed E-state index contributed by atoms with van der Waals surface area (Å²) in [4.78, 5) is 14.9. The van der Waals surface area contributed by atoms with Gasteiger partial charge in [-0.05, 0) is 34.0 Å². The molecule has 0 aliphatic carbocycles. The Bertz CT molecular complexity index is 368. The molecule has 1 rings (SSSR count). The molecule has 0 aliphatic heterocycles. The summed E-state index contributed by atoms with van der Waals surface area (Å²) in [6.07, 6.45) is 0. The minimum atomic E-state index is -0.699. The normalized spacial score (nSPS) is 10.5. The number of aromatic nitrogens is 1. The number of carbonyl (C=O) groups excluding carboxylic acids is 1. The van der Waals surface area contributed by atoms with Crippen molar-refractivity contribution in [1.29, 1.82) is 0 Å². The molecule has 0 radical (unpaired) electrons. The summed E-state index contributed by atoms with van der Waals surface area (Å²) in [7, 11) is 0. The Morgan fingerprint density at radius 3 is 2.87 bits per heavy atom. The molecule has 1 aromatic rings. The first kappa shape index (κ1) is 12.1. The highest BCUT2D eigenvalue weighted by molar-refractivity contribution is 9.10. The quantitative estimate of drug-likeness (QED) is 0.629. The van der Waals surface area contributed by atoms with Gasteiger partial charge in [0.25, 0.3) is 0 Å². The summed E-state index contributed by atoms with van der Waals surface area (Å²) >= 11 is 3.11. The van der Waals surface area contributed by atoms with Gasteiger partial charge in [-0.3, -0.25) is 0 Å². The fraction of sp³-hybridized carbons (Fsp3) is 0.400. The summed E-state index contributed by atoms with van der Waals surface area (Å²) < 4.78 is 18.1. The average molecular weight is 276 g/mol. The van der Waals surface area contributed by atoms with Crippen molar-refractivity contribution < 1.29 is 13.9 Å². The van der Waals surface area contributed by atoms with Crippen LogP contribution in [0.4, 0.5) is 4.39 Å². The Kier molecular flexibility index (Phi) is 4.20. The van der Waals surface area contributed by atoms with E-state index < -0.39 is 11.9 Å². The number of ether oxygens (including phenoxy) is 1. The number of hydrogen-bond acceptors (Lipinski definition) is 3. The van der Waals surface area contributed by atoms with Crippen LogP contribution in [0.25, 0.3) is 0 Å². The van der Waals surface area contributed by atoms with Gasteiger partial charge in [0.1, 0.15) is 0 Å². The molecule has 0 saturated heterocycles. The number of hydrogen-bond donors (Lipinski definition) is 0. The van der Waals surface area contributed by atoms with E-state index >= 15 is 0 Å². The first-order valence-electron chi connectivity index (χ1n) is 4.50. The van der Waals surface area contributed by atoms with Crippen molar-refractivity contribution in [2.24, 2.45) is 5.92 Å². The predicted octanol–water partition coefficient (Wildman–Crippen LogP) is 2.80. The third kappa shape index (κ3) is 3.58. The fourth-order valence-corrected chi connectivity index (χ4v) is 1.25. The lowest BCUT2D eigenvalue weighted by Crippen LogP contribution is -2.12. The number of rotatable bonds is 3. The van der Waals surface area contributed by atoms with Crippen LogP contribution in [0.15, 0.2) is 16.6 Å². The highest BCUT2D eigenvalue weighted by Gasteiger charge is 2.14. The standard InChI is InChI=1S/C10H11BrFNO2/c1-6(2)5-15-10(14)9-7(11)3-4-8(12)13-9/h3-4,6H,5H2,1-2H3. The molecule has 0 spiro atoms. The smallest absolute Gasteiger partial charge is 0.358 e. The number of carbonyl (C=O) groups is 1. The first-order chi connectivity index (χ1) is 7.00. The Labute approximate surface area is 95.8 Å². The predicted molar refractivity (Wildman–Crippen MR) is 57.0 cm³/mol. The highest BCUT2D eigenvalue weighted by atomic mass is 79.9. The lowest BCUT2D eigenvalue weighted by atomic mass is 10.2. The first-order valence-corrected chi connectivity index (χ1v) is 5.29. The molecule has 82 valence electrons. The van der Waals surface area contributed by atoms with Gasteiger partial charge in [0, 0.05) is 0 Å². The van der Waals surface area contributed by atoms with Crippen LogP contribution in [0, 0.1) is 11.9 Å². The van der Waals surface area contributed by atoms with Crippen LogP contribution in [0.3, 0.4) is 0 Å². The molecule has 1 heterocycles. The molecule has 0 fully saturated rings. The molecule has 15 heavy (non-hydrogen) atoms. The maximum atomic E-state index is 12.8. The Morgan fingerprint density at radius 2 is 2.27 bits per heavy atom. The summed E-state index contributed by atoms with van der Waals surface area (Å²) in [6.45, 7) is 4.13. The molecular formula is C10H11BrFNO2. The molecule has 0 N–H and O–H groups in total. The van der Waals surface area contributed by atoms with Crippen molar-refractivity contribution >= 4 is 21.9 Å². The maximum Gasteiger partial charge on any atom is 0.358 e. The molecule has 0 saturated carbocycles. The summed E-state index contributed by atoms with van der Waals surface area (Å²) in [6, 6.07) is 2.59. The van der Waals surface area contributed by atoms with Crippen molar-refractivity contribution in [3.8, 4) is 0 Å². The van der Waals surface area contributed by atoms with Crippen molar-refractivity contribution in [2.45, 2.75) is 13.8 Å². The van der Waals surface area contributed by atoms with Crippen LogP contribution in [0.2, 0.25) is 0 Å². The molecule has 0 amide bonds. The van der Waals surface area contributed by atoms with E-state index in [4.69, 9.17) is 4.74 Å². The molecule has 1 aromatic heterocycles. The van der Waals surface area contributed by atoms with Crippen LogP contribution in [0.1, 0.15) is 24.3 Å². The molecule has 0 atom stereocenters. The van der Waals surface area contributed by atoms with Gasteiger partial charge < -0.3 is 4.74 Å². The van der Waals surface area contributed by atoms with E-state index in [0.717, 1.165) is 0 Å². The van der Waals surface area contributed by atoms with Crippen LogP contribution >= 0.6 is 15.9 Å². The van der Waals surface area contributed by atoms with Crippen molar-refractivity contribution in [2.75, 3.05) is 6.61 Å². The monoisotopic (exact) mass is 275 g/mol. The van der Waals surface area contributed by atoms with Crippen molar-refractivity contribution in [3.05, 3.63) is 28.2 Å². The SMILES string of the molecule is CC(C)COC(=O)c1nc(F)ccc1Br. The molecule has 3 nitrogen and oxygen atoms in total. The van der Waals surface area contributed by atoms with Crippen molar-refractivity contribution in [3.63, 3.8) is 0 Å². The topological polar surface area (TPSA) is 39.2 Å². The van der Waals surface area contributed by atoms with Gasteiger partial charge in [-0.15, -0.1) is 0 Å². The van der Waals surface area contributed by atoms with E-state index in [1.54, 1.807) is 0 Å². The number of pyridine rings is 1. The van der Waals surface area contributed by atoms with Gasteiger partial charge in [-0.25, -0.2) is 9.78 Å². The van der Waals surface area contributed by atoms with Crippen LogP contribution in [-0.4, -0.2) is 17.6 Å². The number of esters is 1. The molecule has 0 aromatic carbocycles. The summed E-state index contributed by atoms with van der Waals surface area (Å²) in [5.41, 5.74) is -0.0318. The second-order valence-electron chi connectivity index (χ2n) is 3.46. The van der Waals surface area contributed by atoms with E-state index in [1.807, 2.05) is 13.8 Å². The third-order valence-corrected chi connectivity index (χ3v) is 2.19. The minimum Gasteiger partial charge on any atom is -0.461 e. The summed E-state index contributed by atoms with van der Waals surface area (Å²) in [5.74, 6) is -1.08. The minimum absolute atomic E-state index is 0.0318. The van der Waals surface area contributed by atoms with Crippen LogP contribution in [0.5, 0.6) is 0 Å². The van der Waals surface area contributed by atoms with Gasteiger partial charge in [-0.2, -0.15) is 4.39 Å². The highest BCUT2D eigenvalue weighted by Crippen LogP contribution is 2.15. The molecular weight excluding hydrogens is 265 g/mol. The zero-order valence-corrected chi connectivity index (χ0v) is 10.0. The summed E-state index contributed by atoms with van der Waals surface area (Å²) in [5, 5.41) is 0. The van der Waals surface area contributed by atoms with Gasteiger partial charge in [0.15, 0.2) is 5.69 Å². The van der Waals surface area contributed by atoms with Gasteiger partial charge in [0.05, 0.1) is 11.1 Å². The number of nitrogens with zero attached hydrogens (tertiary/aromatic N) is 1. The van der Waals surface area contributed by atoms with Crippen molar-refractivity contribution in [1.82, 2.24) is 4.98 Å². The fourth-order valence-electron chi connectivity index (χ4n) is 0.872. The van der Waals surface area contributed by atoms with E-state index in [-0.39, 0.29) is 11.6 Å². The Hall–Kier alpha value is -0.970. The molecule has 0 unspecified atom stereocenters. The lowest BCUT2D eigenvalue weighted by Gasteiger charge is -2.07. The molecule has 0 bridgehead atoms. The Balaban J connectivity index is 2.77. The lowest BCUT2D eigenvalue weighted by molar-refractivity contribution is 0.0449. The van der Waals surface area contributed by atoms with Gasteiger partial charge >= 0.3 is 5.97 Å². The molecule has 5 heteroatoms. The average Bonchev–Trinajstić information content (AvgIpc) is 2.18. The van der Waals surface area contributed by atoms with Gasteiger partial charge in [0.2, 0.25) is 5.95 Å².